The largest absolute Gasteiger partial charge is 0.488 e. The molecule has 1 amide bonds. The van der Waals surface area contributed by atoms with Gasteiger partial charge in [0.25, 0.3) is 5.91 Å². The van der Waals surface area contributed by atoms with Gasteiger partial charge in [-0.15, -0.1) is 0 Å². The van der Waals surface area contributed by atoms with E-state index < -0.39 is 22.5 Å². The normalized spacial score (nSPS) is 11.6. The number of aryl methyl sites for hydroxylation is 1. The van der Waals surface area contributed by atoms with Gasteiger partial charge >= 0.3 is 0 Å². The topological polar surface area (TPSA) is 96.9 Å². The van der Waals surface area contributed by atoms with Crippen molar-refractivity contribution in [2.75, 3.05) is 6.54 Å². The number of nitrogens with one attached hydrogen (secondary N) is 2. The average molecular weight is 506 g/mol. The van der Waals surface area contributed by atoms with E-state index in [1.807, 2.05) is 37.3 Å². The SMILES string of the molecule is Cc1ccc(S(=O)(=O)NCC(=O)NN=Cc2c(OCc3ccc(F)cc3)ccc3ccccc23)cc1. The van der Waals surface area contributed by atoms with Crippen LogP contribution in [0.2, 0.25) is 0 Å². The van der Waals surface area contributed by atoms with Crippen LogP contribution >= 0.6 is 0 Å². The third-order valence-corrected chi connectivity index (χ3v) is 6.79. The van der Waals surface area contributed by atoms with Gasteiger partial charge in [-0.1, -0.05) is 60.2 Å². The molecule has 0 spiro atoms. The van der Waals surface area contributed by atoms with Gasteiger partial charge in [-0.3, -0.25) is 4.79 Å². The maximum absolute atomic E-state index is 13.2. The lowest BCUT2D eigenvalue weighted by Gasteiger charge is -2.12. The number of halogens is 1. The van der Waals surface area contributed by atoms with Crippen LogP contribution in [0, 0.1) is 12.7 Å². The molecule has 4 aromatic rings. The van der Waals surface area contributed by atoms with Crippen molar-refractivity contribution in [2.24, 2.45) is 5.10 Å². The molecule has 0 atom stereocenters. The summed E-state index contributed by atoms with van der Waals surface area (Å²) in [7, 11) is -3.83. The van der Waals surface area contributed by atoms with Crippen LogP contribution in [0.5, 0.6) is 5.75 Å². The van der Waals surface area contributed by atoms with Crippen molar-refractivity contribution < 1.29 is 22.3 Å². The monoisotopic (exact) mass is 505 g/mol. The summed E-state index contributed by atoms with van der Waals surface area (Å²) in [5.74, 6) is -0.429. The van der Waals surface area contributed by atoms with Crippen molar-refractivity contribution in [1.82, 2.24) is 10.1 Å². The smallest absolute Gasteiger partial charge is 0.255 e. The molecule has 0 fully saturated rings. The van der Waals surface area contributed by atoms with E-state index in [4.69, 9.17) is 4.74 Å². The highest BCUT2D eigenvalue weighted by atomic mass is 32.2. The van der Waals surface area contributed by atoms with Gasteiger partial charge in [0, 0.05) is 5.56 Å². The summed E-state index contributed by atoms with van der Waals surface area (Å²) in [5.41, 5.74) is 4.70. The Labute approximate surface area is 208 Å². The highest BCUT2D eigenvalue weighted by Gasteiger charge is 2.15. The molecular weight excluding hydrogens is 481 g/mol. The van der Waals surface area contributed by atoms with Gasteiger partial charge in [0.2, 0.25) is 10.0 Å². The molecule has 9 heteroatoms. The van der Waals surface area contributed by atoms with E-state index in [-0.39, 0.29) is 17.3 Å². The van der Waals surface area contributed by atoms with Crippen LogP contribution in [0.3, 0.4) is 0 Å². The molecular formula is C27H24FN3O4S. The Kier molecular flexibility index (Phi) is 7.72. The number of carbonyl (C=O) groups excluding carboxylic acids is 1. The van der Waals surface area contributed by atoms with Crippen LogP contribution in [-0.4, -0.2) is 27.1 Å². The zero-order valence-electron chi connectivity index (χ0n) is 19.4. The van der Waals surface area contributed by atoms with E-state index in [9.17, 15) is 17.6 Å². The van der Waals surface area contributed by atoms with E-state index in [0.717, 1.165) is 21.9 Å². The Morgan fingerprint density at radius 2 is 1.69 bits per heavy atom. The molecule has 4 rings (SSSR count). The number of sulfonamides is 1. The average Bonchev–Trinajstić information content (AvgIpc) is 2.88. The summed E-state index contributed by atoms with van der Waals surface area (Å²) in [5, 5.41) is 5.82. The minimum Gasteiger partial charge on any atom is -0.488 e. The number of rotatable bonds is 9. The van der Waals surface area contributed by atoms with Crippen molar-refractivity contribution in [3.8, 4) is 5.75 Å². The molecule has 0 unspecified atom stereocenters. The number of fused-ring (bicyclic) bond motifs is 1. The first kappa shape index (κ1) is 25.0. The first-order chi connectivity index (χ1) is 17.3. The number of hydrogen-bond acceptors (Lipinski definition) is 5. The third kappa shape index (κ3) is 6.32. The predicted molar refractivity (Wildman–Crippen MR) is 137 cm³/mol. The summed E-state index contributed by atoms with van der Waals surface area (Å²) in [6.45, 7) is 1.59. The fraction of sp³-hybridized carbons (Fsp3) is 0.111. The predicted octanol–water partition coefficient (Wildman–Crippen LogP) is 4.29. The Morgan fingerprint density at radius 1 is 0.972 bits per heavy atom. The van der Waals surface area contributed by atoms with Crippen LogP contribution < -0.4 is 14.9 Å². The van der Waals surface area contributed by atoms with Gasteiger partial charge in [0.05, 0.1) is 17.7 Å². The fourth-order valence-corrected chi connectivity index (χ4v) is 4.43. The highest BCUT2D eigenvalue weighted by Crippen LogP contribution is 2.27. The molecule has 7 nitrogen and oxygen atoms in total. The van der Waals surface area contributed by atoms with E-state index in [0.29, 0.717) is 11.3 Å². The minimum atomic E-state index is -3.83. The molecule has 0 aliphatic rings. The number of carbonyl (C=O) groups is 1. The molecule has 0 aliphatic heterocycles. The summed E-state index contributed by atoms with van der Waals surface area (Å²) in [4.78, 5) is 12.3. The molecule has 0 aliphatic carbocycles. The van der Waals surface area contributed by atoms with Crippen molar-refractivity contribution >= 4 is 32.9 Å². The van der Waals surface area contributed by atoms with Crippen molar-refractivity contribution in [2.45, 2.75) is 18.4 Å². The fourth-order valence-electron chi connectivity index (χ4n) is 3.45. The molecule has 0 radical (unpaired) electrons. The zero-order chi connectivity index (χ0) is 25.5. The van der Waals surface area contributed by atoms with Crippen molar-refractivity contribution in [1.29, 1.82) is 0 Å². The quantitative estimate of drug-likeness (QED) is 0.262. The van der Waals surface area contributed by atoms with Gasteiger partial charge in [-0.2, -0.15) is 5.10 Å². The summed E-state index contributed by atoms with van der Waals surface area (Å²) in [6.07, 6.45) is 1.45. The number of nitrogens with zero attached hydrogens (tertiary/aromatic N) is 1. The van der Waals surface area contributed by atoms with Crippen LogP contribution in [0.15, 0.2) is 94.9 Å². The van der Waals surface area contributed by atoms with E-state index in [2.05, 4.69) is 15.2 Å². The van der Waals surface area contributed by atoms with E-state index >= 15 is 0 Å². The van der Waals surface area contributed by atoms with Gasteiger partial charge in [0.1, 0.15) is 18.2 Å². The standard InChI is InChI=1S/C27H24FN3O4S/c1-19-6-13-23(14-7-19)36(33,34)30-17-27(32)31-29-16-25-24-5-3-2-4-21(24)10-15-26(25)35-18-20-8-11-22(28)12-9-20/h2-16,30H,17-18H2,1H3,(H,31,32). The maximum Gasteiger partial charge on any atom is 0.255 e. The molecule has 2 N–H and O–H groups in total. The Hall–Kier alpha value is -4.08. The van der Waals surface area contributed by atoms with Crippen molar-refractivity contribution in [3.05, 3.63) is 107 Å². The van der Waals surface area contributed by atoms with Crippen LogP contribution in [0.1, 0.15) is 16.7 Å². The van der Waals surface area contributed by atoms with Crippen LogP contribution in [-0.2, 0) is 21.4 Å². The van der Waals surface area contributed by atoms with Gasteiger partial charge in [-0.05, 0) is 53.6 Å². The zero-order valence-corrected chi connectivity index (χ0v) is 20.3. The number of hydrazone groups is 1. The molecule has 36 heavy (non-hydrogen) atoms. The minimum absolute atomic E-state index is 0.0723. The van der Waals surface area contributed by atoms with Crippen molar-refractivity contribution in [3.63, 3.8) is 0 Å². The molecule has 0 saturated heterocycles. The second-order valence-electron chi connectivity index (χ2n) is 8.04. The first-order valence-corrected chi connectivity index (χ1v) is 12.6. The van der Waals surface area contributed by atoms with E-state index in [1.165, 1.54) is 30.5 Å². The van der Waals surface area contributed by atoms with Gasteiger partial charge in [0.15, 0.2) is 0 Å². The number of ether oxygens (including phenoxy) is 1. The summed E-state index contributed by atoms with van der Waals surface area (Å²) in [6, 6.07) is 23.6. The third-order valence-electron chi connectivity index (χ3n) is 5.38. The van der Waals surface area contributed by atoms with Crippen LogP contribution in [0.4, 0.5) is 4.39 Å². The lowest BCUT2D eigenvalue weighted by Crippen LogP contribution is -2.34. The number of hydrogen-bond donors (Lipinski definition) is 2. The molecule has 0 saturated carbocycles. The van der Waals surface area contributed by atoms with Gasteiger partial charge in [-0.25, -0.2) is 23.0 Å². The number of amides is 1. The highest BCUT2D eigenvalue weighted by molar-refractivity contribution is 7.89. The summed E-state index contributed by atoms with van der Waals surface area (Å²) < 4.78 is 46.2. The molecule has 184 valence electrons. The van der Waals surface area contributed by atoms with Gasteiger partial charge < -0.3 is 4.74 Å². The Bertz CT molecular complexity index is 1500. The lowest BCUT2D eigenvalue weighted by molar-refractivity contribution is -0.119. The molecule has 0 bridgehead atoms. The lowest BCUT2D eigenvalue weighted by atomic mass is 10.0. The Balaban J connectivity index is 1.45. The second-order valence-corrected chi connectivity index (χ2v) is 9.81. The maximum atomic E-state index is 13.2. The second kappa shape index (κ2) is 11.1. The molecule has 0 heterocycles. The number of benzene rings is 4. The van der Waals surface area contributed by atoms with E-state index in [1.54, 1.807) is 30.3 Å². The summed E-state index contributed by atoms with van der Waals surface area (Å²) >= 11 is 0. The molecule has 4 aromatic carbocycles. The first-order valence-electron chi connectivity index (χ1n) is 11.1. The van der Waals surface area contributed by atoms with Crippen LogP contribution in [0.25, 0.3) is 10.8 Å². The molecule has 0 aromatic heterocycles. The Morgan fingerprint density at radius 3 is 2.44 bits per heavy atom.